The van der Waals surface area contributed by atoms with Gasteiger partial charge in [-0.15, -0.1) is 0 Å². The van der Waals surface area contributed by atoms with Gasteiger partial charge in [0.1, 0.15) is 12.2 Å². The molecule has 0 spiro atoms. The minimum atomic E-state index is -1.13. The molecule has 2 aromatic rings. The number of nitrogens with one attached hydrogen (secondary N) is 1. The first kappa shape index (κ1) is 29.1. The number of carbonyl (C=O) groups is 3. The fourth-order valence-corrected chi connectivity index (χ4v) is 4.97. The van der Waals surface area contributed by atoms with Gasteiger partial charge in [0.15, 0.2) is 0 Å². The number of hydrogen-bond donors (Lipinski definition) is 1. The molecule has 1 fully saturated rings. The number of alkyl carbamates (subject to hydrolysis) is 1. The summed E-state index contributed by atoms with van der Waals surface area (Å²) in [5.74, 6) is -0.114. The lowest BCUT2D eigenvalue weighted by Crippen LogP contribution is -2.48. The zero-order chi connectivity index (χ0) is 28.9. The van der Waals surface area contributed by atoms with Crippen molar-refractivity contribution in [1.82, 2.24) is 10.2 Å². The first-order valence-corrected chi connectivity index (χ1v) is 14.0. The summed E-state index contributed by atoms with van der Waals surface area (Å²) in [6, 6.07) is 17.1. The third-order valence-corrected chi connectivity index (χ3v) is 6.79. The Hall–Kier alpha value is -3.88. The smallest absolute Gasteiger partial charge is 0.410 e. The number of amides is 3. The van der Waals surface area contributed by atoms with Gasteiger partial charge < -0.3 is 19.3 Å². The van der Waals surface area contributed by atoms with E-state index in [4.69, 9.17) is 14.5 Å². The third-order valence-electron chi connectivity index (χ3n) is 6.79. The molecule has 1 saturated heterocycles. The topological polar surface area (TPSA) is 101 Å². The van der Waals surface area contributed by atoms with Gasteiger partial charge in [0.2, 0.25) is 6.17 Å². The second kappa shape index (κ2) is 12.5. The normalized spacial score (nSPS) is 18.1. The summed E-state index contributed by atoms with van der Waals surface area (Å²) in [4.78, 5) is 47.6. The van der Waals surface area contributed by atoms with Gasteiger partial charge >= 0.3 is 12.2 Å². The predicted octanol–water partition coefficient (Wildman–Crippen LogP) is 5.38. The summed E-state index contributed by atoms with van der Waals surface area (Å²) in [5, 5.41) is 2.71. The van der Waals surface area contributed by atoms with Crippen molar-refractivity contribution in [2.75, 3.05) is 24.5 Å². The molecule has 2 aliphatic heterocycles. The lowest BCUT2D eigenvalue weighted by Gasteiger charge is -2.34. The Morgan fingerprint density at radius 1 is 1.02 bits per heavy atom. The number of para-hydroxylation sites is 1. The van der Waals surface area contributed by atoms with Crippen LogP contribution in [0.4, 0.5) is 15.3 Å². The van der Waals surface area contributed by atoms with E-state index in [1.807, 2.05) is 89.2 Å². The van der Waals surface area contributed by atoms with Crippen LogP contribution in [0.25, 0.3) is 0 Å². The van der Waals surface area contributed by atoms with E-state index in [1.54, 1.807) is 9.80 Å². The van der Waals surface area contributed by atoms with Gasteiger partial charge in [-0.05, 0) is 51.2 Å². The van der Waals surface area contributed by atoms with Crippen molar-refractivity contribution in [2.24, 2.45) is 16.8 Å². The quantitative estimate of drug-likeness (QED) is 0.523. The minimum Gasteiger partial charge on any atom is -0.445 e. The monoisotopic (exact) mass is 548 g/mol. The van der Waals surface area contributed by atoms with E-state index < -0.39 is 17.9 Å². The molecule has 1 atom stereocenters. The first-order valence-electron chi connectivity index (χ1n) is 14.0. The molecule has 40 heavy (non-hydrogen) atoms. The molecule has 2 heterocycles. The van der Waals surface area contributed by atoms with Gasteiger partial charge in [-0.1, -0.05) is 62.4 Å². The molecule has 1 unspecified atom stereocenters. The van der Waals surface area contributed by atoms with Crippen LogP contribution in [-0.2, 0) is 20.9 Å². The summed E-state index contributed by atoms with van der Waals surface area (Å²) in [5.41, 5.74) is 2.68. The van der Waals surface area contributed by atoms with Crippen LogP contribution in [0, 0.1) is 11.8 Å². The van der Waals surface area contributed by atoms with Crippen molar-refractivity contribution < 1.29 is 23.9 Å². The maximum atomic E-state index is 13.8. The van der Waals surface area contributed by atoms with Gasteiger partial charge in [-0.2, -0.15) is 0 Å². The van der Waals surface area contributed by atoms with Crippen LogP contribution in [-0.4, -0.2) is 60.1 Å². The number of rotatable bonds is 6. The fourth-order valence-electron chi connectivity index (χ4n) is 4.97. The Bertz CT molecular complexity index is 1230. The summed E-state index contributed by atoms with van der Waals surface area (Å²) in [6.07, 6.45) is -0.840. The van der Waals surface area contributed by atoms with Crippen molar-refractivity contribution in [2.45, 2.75) is 65.8 Å². The SMILES string of the molecule is CC(C)CN1C(=O)C(NC(=O)OCc2ccccc2)N=C(C2CCN(C(=O)OC(C)(C)C)CC2)c2ccccc21. The van der Waals surface area contributed by atoms with E-state index in [0.29, 0.717) is 32.5 Å². The molecular formula is C31H40N4O5. The van der Waals surface area contributed by atoms with Gasteiger partial charge in [0, 0.05) is 31.1 Å². The molecule has 3 amide bonds. The number of benzene rings is 2. The van der Waals surface area contributed by atoms with Crippen LogP contribution < -0.4 is 10.2 Å². The number of benzodiazepines with no additional fused rings is 1. The number of aliphatic imine (C=N–C) groups is 1. The molecule has 9 nitrogen and oxygen atoms in total. The highest BCUT2D eigenvalue weighted by Gasteiger charge is 2.37. The molecule has 0 saturated carbocycles. The fraction of sp³-hybridized carbons (Fsp3) is 0.484. The Balaban J connectivity index is 1.58. The zero-order valence-electron chi connectivity index (χ0n) is 24.1. The predicted molar refractivity (Wildman–Crippen MR) is 154 cm³/mol. The van der Waals surface area contributed by atoms with Gasteiger partial charge in [-0.25, -0.2) is 9.59 Å². The number of likely N-dealkylation sites (tertiary alicyclic amines) is 1. The highest BCUT2D eigenvalue weighted by atomic mass is 16.6. The van der Waals surface area contributed by atoms with Crippen molar-refractivity contribution in [3.63, 3.8) is 0 Å². The molecular weight excluding hydrogens is 508 g/mol. The molecule has 1 N–H and O–H groups in total. The van der Waals surface area contributed by atoms with Crippen LogP contribution in [0.5, 0.6) is 0 Å². The number of ether oxygens (including phenoxy) is 2. The van der Waals surface area contributed by atoms with Crippen LogP contribution in [0.15, 0.2) is 59.6 Å². The number of hydrogen-bond acceptors (Lipinski definition) is 6. The maximum absolute atomic E-state index is 13.8. The number of carbonyl (C=O) groups excluding carboxylic acids is 3. The van der Waals surface area contributed by atoms with Crippen LogP contribution in [0.2, 0.25) is 0 Å². The van der Waals surface area contributed by atoms with Crippen LogP contribution >= 0.6 is 0 Å². The van der Waals surface area contributed by atoms with E-state index in [1.165, 1.54) is 0 Å². The molecule has 0 bridgehead atoms. The lowest BCUT2D eigenvalue weighted by atomic mass is 9.87. The molecule has 4 rings (SSSR count). The van der Waals surface area contributed by atoms with Gasteiger partial charge in [0.05, 0.1) is 11.4 Å². The van der Waals surface area contributed by atoms with Gasteiger partial charge in [-0.3, -0.25) is 15.1 Å². The summed E-state index contributed by atoms with van der Waals surface area (Å²) >= 11 is 0. The van der Waals surface area contributed by atoms with E-state index >= 15 is 0 Å². The van der Waals surface area contributed by atoms with Crippen LogP contribution in [0.1, 0.15) is 58.6 Å². The van der Waals surface area contributed by atoms with Crippen molar-refractivity contribution in [1.29, 1.82) is 0 Å². The standard InChI is InChI=1S/C31H40N4O5/c1-21(2)19-35-25-14-10-9-13-24(25)26(23-15-17-34(18-16-23)30(38)40-31(3,4)5)32-27(28(35)36)33-29(37)39-20-22-11-7-6-8-12-22/h6-14,21,23,27H,15-20H2,1-5H3,(H,33,37). The number of anilines is 1. The molecule has 2 aliphatic rings. The molecule has 0 radical (unpaired) electrons. The minimum absolute atomic E-state index is 0.00345. The van der Waals surface area contributed by atoms with Gasteiger partial charge in [0.25, 0.3) is 5.91 Å². The largest absolute Gasteiger partial charge is 0.445 e. The van der Waals surface area contributed by atoms with Crippen LogP contribution in [0.3, 0.4) is 0 Å². The Morgan fingerprint density at radius 3 is 2.33 bits per heavy atom. The van der Waals surface area contributed by atoms with E-state index in [9.17, 15) is 14.4 Å². The summed E-state index contributed by atoms with van der Waals surface area (Å²) in [6.45, 7) is 11.3. The average molecular weight is 549 g/mol. The summed E-state index contributed by atoms with van der Waals surface area (Å²) in [7, 11) is 0. The number of piperidine rings is 1. The van der Waals surface area contributed by atoms with E-state index in [0.717, 1.165) is 22.5 Å². The maximum Gasteiger partial charge on any atom is 0.410 e. The summed E-state index contributed by atoms with van der Waals surface area (Å²) < 4.78 is 11.0. The number of nitrogens with zero attached hydrogens (tertiary/aromatic N) is 3. The van der Waals surface area contributed by atoms with E-state index in [-0.39, 0.29) is 30.4 Å². The highest BCUT2D eigenvalue weighted by molar-refractivity contribution is 6.14. The Labute approximate surface area is 236 Å². The third kappa shape index (κ3) is 7.40. The lowest BCUT2D eigenvalue weighted by molar-refractivity contribution is -0.120. The number of fused-ring (bicyclic) bond motifs is 1. The average Bonchev–Trinajstić information content (AvgIpc) is 3.02. The molecule has 0 aliphatic carbocycles. The zero-order valence-corrected chi connectivity index (χ0v) is 24.1. The van der Waals surface area contributed by atoms with E-state index in [2.05, 4.69) is 5.32 Å². The second-order valence-electron chi connectivity index (χ2n) is 11.7. The van der Waals surface area contributed by atoms with Crippen molar-refractivity contribution in [3.8, 4) is 0 Å². The molecule has 9 heteroatoms. The molecule has 2 aromatic carbocycles. The second-order valence-corrected chi connectivity index (χ2v) is 11.7. The van der Waals surface area contributed by atoms with Crippen molar-refractivity contribution >= 4 is 29.5 Å². The molecule has 0 aromatic heterocycles. The molecule has 214 valence electrons. The first-order chi connectivity index (χ1) is 19.0. The Morgan fingerprint density at radius 2 is 1.68 bits per heavy atom. The van der Waals surface area contributed by atoms with Crippen molar-refractivity contribution in [3.05, 3.63) is 65.7 Å². The Kier molecular flexibility index (Phi) is 9.12. The highest BCUT2D eigenvalue weighted by Crippen LogP contribution is 2.32.